The Morgan fingerprint density at radius 2 is 1.64 bits per heavy atom. The normalized spacial score (nSPS) is 13.9. The number of hydrogen-bond donors (Lipinski definition) is 2. The quantitative estimate of drug-likeness (QED) is 0.715. The smallest absolute Gasteiger partial charge is 0.278 e. The maximum Gasteiger partial charge on any atom is 0.278 e. The second-order valence-electron chi connectivity index (χ2n) is 6.11. The van der Waals surface area contributed by atoms with Gasteiger partial charge in [0.1, 0.15) is 5.70 Å². The Bertz CT molecular complexity index is 1000. The average molecular weight is 418 g/mol. The van der Waals surface area contributed by atoms with Crippen LogP contribution in [0.4, 0.5) is 11.4 Å². The van der Waals surface area contributed by atoms with Crippen molar-refractivity contribution in [1.29, 1.82) is 0 Å². The summed E-state index contributed by atoms with van der Waals surface area (Å²) >= 11 is 12.2. The van der Waals surface area contributed by atoms with Gasteiger partial charge in [-0.15, -0.1) is 0 Å². The number of imide groups is 1. The third-order valence-corrected chi connectivity index (χ3v) is 4.71. The Morgan fingerprint density at radius 1 is 1.00 bits per heavy atom. The Morgan fingerprint density at radius 3 is 2.21 bits per heavy atom. The van der Waals surface area contributed by atoms with Gasteiger partial charge in [0, 0.05) is 35.4 Å². The zero-order valence-electron chi connectivity index (χ0n) is 15.2. The van der Waals surface area contributed by atoms with E-state index in [1.54, 1.807) is 43.3 Å². The highest BCUT2D eigenvalue weighted by Gasteiger charge is 2.39. The summed E-state index contributed by atoms with van der Waals surface area (Å²) in [7, 11) is 0. The fourth-order valence-corrected chi connectivity index (χ4v) is 3.41. The summed E-state index contributed by atoms with van der Waals surface area (Å²) in [6.45, 7) is 3.38. The van der Waals surface area contributed by atoms with Gasteiger partial charge >= 0.3 is 0 Å². The lowest BCUT2D eigenvalue weighted by atomic mass is 10.0. The van der Waals surface area contributed by atoms with E-state index < -0.39 is 11.8 Å². The minimum atomic E-state index is -0.431. The Balaban J connectivity index is 2.02. The van der Waals surface area contributed by atoms with E-state index in [-0.39, 0.29) is 28.7 Å². The van der Waals surface area contributed by atoms with Crippen LogP contribution in [0.2, 0.25) is 10.0 Å². The standard InChI is InChI=1S/C20H17Cl2N3O3/c1-3-25-19(27)17(15-9-4-12(21)10-16(15)22)18(20(25)28)24-14-7-5-13(6-8-14)23-11(2)26/h4-10,24H,3H2,1-2H3,(H,23,26). The molecule has 0 unspecified atom stereocenters. The Kier molecular flexibility index (Phi) is 5.72. The molecule has 0 aromatic heterocycles. The van der Waals surface area contributed by atoms with Gasteiger partial charge in [0.05, 0.1) is 10.6 Å². The molecule has 0 radical (unpaired) electrons. The van der Waals surface area contributed by atoms with Crippen molar-refractivity contribution in [3.8, 4) is 0 Å². The lowest BCUT2D eigenvalue weighted by Crippen LogP contribution is -2.32. The first-order valence-corrected chi connectivity index (χ1v) is 9.28. The van der Waals surface area contributed by atoms with E-state index in [2.05, 4.69) is 10.6 Å². The van der Waals surface area contributed by atoms with Gasteiger partial charge < -0.3 is 10.6 Å². The van der Waals surface area contributed by atoms with Crippen molar-refractivity contribution in [1.82, 2.24) is 4.90 Å². The van der Waals surface area contributed by atoms with Gasteiger partial charge in [0.25, 0.3) is 11.8 Å². The molecule has 1 aliphatic heterocycles. The monoisotopic (exact) mass is 417 g/mol. The SMILES string of the molecule is CCN1C(=O)C(Nc2ccc(NC(C)=O)cc2)=C(c2ccc(Cl)cc2Cl)C1=O. The first-order chi connectivity index (χ1) is 13.3. The summed E-state index contributed by atoms with van der Waals surface area (Å²) < 4.78 is 0. The van der Waals surface area contributed by atoms with Crippen molar-refractivity contribution in [2.45, 2.75) is 13.8 Å². The first kappa shape index (κ1) is 19.9. The molecule has 8 heteroatoms. The van der Waals surface area contributed by atoms with Crippen LogP contribution in [0.1, 0.15) is 19.4 Å². The van der Waals surface area contributed by atoms with Crippen molar-refractivity contribution < 1.29 is 14.4 Å². The number of benzene rings is 2. The van der Waals surface area contributed by atoms with E-state index in [1.165, 1.54) is 13.0 Å². The minimum Gasteiger partial charge on any atom is -0.350 e. The number of amides is 3. The van der Waals surface area contributed by atoms with E-state index in [1.807, 2.05) is 0 Å². The molecule has 2 aromatic carbocycles. The number of nitrogens with zero attached hydrogens (tertiary/aromatic N) is 1. The second-order valence-corrected chi connectivity index (χ2v) is 6.96. The molecule has 28 heavy (non-hydrogen) atoms. The number of nitrogens with one attached hydrogen (secondary N) is 2. The molecular weight excluding hydrogens is 401 g/mol. The summed E-state index contributed by atoms with van der Waals surface area (Å²) in [4.78, 5) is 37.9. The highest BCUT2D eigenvalue weighted by Crippen LogP contribution is 2.35. The Hall–Kier alpha value is -2.83. The topological polar surface area (TPSA) is 78.5 Å². The molecule has 1 aliphatic rings. The fraction of sp³-hybridized carbons (Fsp3) is 0.150. The van der Waals surface area contributed by atoms with Crippen LogP contribution in [0, 0.1) is 0 Å². The van der Waals surface area contributed by atoms with Crippen LogP contribution in [0.5, 0.6) is 0 Å². The summed E-state index contributed by atoms with van der Waals surface area (Å²) in [6.07, 6.45) is 0. The molecule has 0 atom stereocenters. The van der Waals surface area contributed by atoms with E-state index in [9.17, 15) is 14.4 Å². The lowest BCUT2D eigenvalue weighted by molar-refractivity contribution is -0.136. The van der Waals surface area contributed by atoms with Crippen molar-refractivity contribution in [2.75, 3.05) is 17.2 Å². The number of anilines is 2. The molecule has 2 N–H and O–H groups in total. The van der Waals surface area contributed by atoms with Crippen LogP contribution >= 0.6 is 23.2 Å². The third-order valence-electron chi connectivity index (χ3n) is 4.16. The molecule has 0 spiro atoms. The number of carbonyl (C=O) groups is 3. The van der Waals surface area contributed by atoms with Crippen LogP contribution in [0.25, 0.3) is 5.57 Å². The first-order valence-electron chi connectivity index (χ1n) is 8.52. The van der Waals surface area contributed by atoms with Crippen LogP contribution < -0.4 is 10.6 Å². The predicted molar refractivity (Wildman–Crippen MR) is 110 cm³/mol. The number of halogens is 2. The number of carbonyl (C=O) groups excluding carboxylic acids is 3. The molecule has 0 aliphatic carbocycles. The summed E-state index contributed by atoms with van der Waals surface area (Å²) in [5, 5.41) is 6.40. The van der Waals surface area contributed by atoms with Gasteiger partial charge in [-0.1, -0.05) is 29.3 Å². The lowest BCUT2D eigenvalue weighted by Gasteiger charge is -2.12. The van der Waals surface area contributed by atoms with Crippen molar-refractivity contribution in [3.05, 3.63) is 63.8 Å². The maximum atomic E-state index is 12.8. The minimum absolute atomic E-state index is 0.142. The number of rotatable bonds is 5. The molecule has 0 saturated heterocycles. The van der Waals surface area contributed by atoms with Crippen molar-refractivity contribution in [3.63, 3.8) is 0 Å². The van der Waals surface area contributed by atoms with E-state index in [0.717, 1.165) is 4.90 Å². The van der Waals surface area contributed by atoms with E-state index in [0.29, 0.717) is 22.0 Å². The summed E-state index contributed by atoms with van der Waals surface area (Å²) in [6, 6.07) is 11.5. The molecule has 6 nitrogen and oxygen atoms in total. The van der Waals surface area contributed by atoms with E-state index >= 15 is 0 Å². The predicted octanol–water partition coefficient (Wildman–Crippen LogP) is 4.16. The largest absolute Gasteiger partial charge is 0.350 e. The zero-order valence-corrected chi connectivity index (χ0v) is 16.7. The van der Waals surface area contributed by atoms with Crippen molar-refractivity contribution >= 4 is 57.9 Å². The number of likely N-dealkylation sites (N-methyl/N-ethyl adjacent to an activating group) is 1. The van der Waals surface area contributed by atoms with Gasteiger partial charge in [0.15, 0.2) is 0 Å². The van der Waals surface area contributed by atoms with Gasteiger partial charge in [-0.3, -0.25) is 19.3 Å². The van der Waals surface area contributed by atoms with Crippen molar-refractivity contribution in [2.24, 2.45) is 0 Å². The highest BCUT2D eigenvalue weighted by molar-refractivity contribution is 6.41. The fourth-order valence-electron chi connectivity index (χ4n) is 2.91. The maximum absolute atomic E-state index is 12.8. The van der Waals surface area contributed by atoms with Gasteiger partial charge in [0.2, 0.25) is 5.91 Å². The molecule has 3 amide bonds. The second kappa shape index (κ2) is 8.04. The van der Waals surface area contributed by atoms with Gasteiger partial charge in [-0.25, -0.2) is 0 Å². The van der Waals surface area contributed by atoms with Gasteiger partial charge in [-0.05, 0) is 43.3 Å². The van der Waals surface area contributed by atoms with E-state index in [4.69, 9.17) is 23.2 Å². The molecular formula is C20H17Cl2N3O3. The average Bonchev–Trinajstić information content (AvgIpc) is 2.86. The van der Waals surface area contributed by atoms with Crippen LogP contribution in [0.15, 0.2) is 48.2 Å². The van der Waals surface area contributed by atoms with Crippen LogP contribution in [-0.4, -0.2) is 29.2 Å². The van der Waals surface area contributed by atoms with Crippen LogP contribution in [0.3, 0.4) is 0 Å². The molecule has 144 valence electrons. The number of hydrogen-bond acceptors (Lipinski definition) is 4. The van der Waals surface area contributed by atoms with Crippen LogP contribution in [-0.2, 0) is 14.4 Å². The molecule has 0 saturated carbocycles. The molecule has 0 fully saturated rings. The molecule has 1 heterocycles. The van der Waals surface area contributed by atoms with Gasteiger partial charge in [-0.2, -0.15) is 0 Å². The summed E-state index contributed by atoms with van der Waals surface area (Å²) in [5.41, 5.74) is 1.98. The molecule has 0 bridgehead atoms. The molecule has 2 aromatic rings. The third kappa shape index (κ3) is 3.88. The summed E-state index contributed by atoms with van der Waals surface area (Å²) in [5.74, 6) is -1.04. The zero-order chi connectivity index (χ0) is 20.4. The Labute approximate surface area is 172 Å². The highest BCUT2D eigenvalue weighted by atomic mass is 35.5. The molecule has 3 rings (SSSR count).